The fourth-order valence-corrected chi connectivity index (χ4v) is 2.09. The van der Waals surface area contributed by atoms with Crippen LogP contribution in [0, 0.1) is 5.92 Å². The van der Waals surface area contributed by atoms with Gasteiger partial charge in [0.1, 0.15) is 5.84 Å². The summed E-state index contributed by atoms with van der Waals surface area (Å²) >= 11 is 0. The van der Waals surface area contributed by atoms with Crippen LogP contribution in [-0.2, 0) is 4.74 Å². The molecular weight excluding hydrogens is 218 g/mol. The van der Waals surface area contributed by atoms with E-state index in [0.29, 0.717) is 18.2 Å². The van der Waals surface area contributed by atoms with Gasteiger partial charge in [-0.1, -0.05) is 0 Å². The van der Waals surface area contributed by atoms with E-state index in [-0.39, 0.29) is 17.7 Å². The highest BCUT2D eigenvalue weighted by atomic mass is 16.5. The van der Waals surface area contributed by atoms with E-state index in [9.17, 15) is 4.79 Å². The molecule has 0 saturated heterocycles. The Morgan fingerprint density at radius 3 is 2.71 bits per heavy atom. The minimum absolute atomic E-state index is 0.0990. The van der Waals surface area contributed by atoms with E-state index in [1.54, 1.807) is 12.0 Å². The molecule has 5 nitrogen and oxygen atoms in total. The van der Waals surface area contributed by atoms with Gasteiger partial charge in [-0.3, -0.25) is 0 Å². The van der Waals surface area contributed by atoms with Crippen molar-refractivity contribution in [3.8, 4) is 0 Å². The van der Waals surface area contributed by atoms with Crippen LogP contribution < -0.4 is 5.73 Å². The Morgan fingerprint density at radius 1 is 1.53 bits per heavy atom. The summed E-state index contributed by atoms with van der Waals surface area (Å²) in [4.78, 5) is 17.4. The predicted octanol–water partition coefficient (Wildman–Crippen LogP) is 1.37. The second-order valence-electron chi connectivity index (χ2n) is 5.60. The van der Waals surface area contributed by atoms with Crippen molar-refractivity contribution in [2.45, 2.75) is 44.8 Å². The van der Waals surface area contributed by atoms with Crippen molar-refractivity contribution < 1.29 is 9.53 Å². The zero-order chi connectivity index (χ0) is 12.6. The van der Waals surface area contributed by atoms with Crippen LogP contribution in [0.1, 0.15) is 33.1 Å². The average Bonchev–Trinajstić information content (AvgIpc) is 3.02. The lowest BCUT2D eigenvalue weighted by Gasteiger charge is -2.31. The number of amides is 2. The summed E-state index contributed by atoms with van der Waals surface area (Å²) in [5, 5.41) is 0. The van der Waals surface area contributed by atoms with Gasteiger partial charge in [-0.25, -0.2) is 4.79 Å². The third kappa shape index (κ3) is 2.77. The Bertz CT molecular complexity index is 348. The van der Waals surface area contributed by atoms with Crippen molar-refractivity contribution >= 4 is 11.9 Å². The average molecular weight is 239 g/mol. The van der Waals surface area contributed by atoms with Gasteiger partial charge in [0.2, 0.25) is 0 Å². The molecule has 1 fully saturated rings. The van der Waals surface area contributed by atoms with Crippen molar-refractivity contribution in [3.05, 3.63) is 0 Å². The van der Waals surface area contributed by atoms with Crippen molar-refractivity contribution in [3.63, 3.8) is 0 Å². The molecule has 2 amide bonds. The molecule has 1 unspecified atom stereocenters. The molecule has 0 aromatic rings. The molecule has 5 heteroatoms. The SMILES string of the molecule is COC(C)(C)CC1C(N)=NC(=O)N1CC1CC1. The van der Waals surface area contributed by atoms with Gasteiger partial charge in [-0.2, -0.15) is 4.99 Å². The van der Waals surface area contributed by atoms with Gasteiger partial charge in [0.25, 0.3) is 0 Å². The van der Waals surface area contributed by atoms with Crippen molar-refractivity contribution in [2.75, 3.05) is 13.7 Å². The van der Waals surface area contributed by atoms with Gasteiger partial charge in [-0.15, -0.1) is 0 Å². The molecule has 0 bridgehead atoms. The zero-order valence-corrected chi connectivity index (χ0v) is 10.8. The summed E-state index contributed by atoms with van der Waals surface area (Å²) in [7, 11) is 1.68. The minimum atomic E-state index is -0.294. The lowest BCUT2D eigenvalue weighted by atomic mass is 9.97. The molecule has 2 N–H and O–H groups in total. The number of rotatable bonds is 5. The zero-order valence-electron chi connectivity index (χ0n) is 10.8. The summed E-state index contributed by atoms with van der Waals surface area (Å²) in [5.41, 5.74) is 5.56. The maximum atomic E-state index is 11.8. The first-order valence-electron chi connectivity index (χ1n) is 6.13. The number of hydrogen-bond donors (Lipinski definition) is 1. The summed E-state index contributed by atoms with van der Waals surface area (Å²) in [6.07, 6.45) is 3.12. The van der Waals surface area contributed by atoms with Crippen LogP contribution in [0.25, 0.3) is 0 Å². The van der Waals surface area contributed by atoms with Crippen LogP contribution in [0.2, 0.25) is 0 Å². The molecule has 1 aliphatic carbocycles. The number of aliphatic imine (C=N–C) groups is 1. The molecule has 0 aromatic heterocycles. The molecule has 2 rings (SSSR count). The molecule has 1 atom stereocenters. The van der Waals surface area contributed by atoms with Crippen LogP contribution >= 0.6 is 0 Å². The fraction of sp³-hybridized carbons (Fsp3) is 0.833. The summed E-state index contributed by atoms with van der Waals surface area (Å²) in [6.45, 7) is 4.78. The van der Waals surface area contributed by atoms with Gasteiger partial charge in [0.15, 0.2) is 0 Å². The quantitative estimate of drug-likeness (QED) is 0.788. The molecule has 1 aliphatic heterocycles. The van der Waals surface area contributed by atoms with E-state index in [2.05, 4.69) is 4.99 Å². The van der Waals surface area contributed by atoms with E-state index < -0.39 is 0 Å². The highest BCUT2D eigenvalue weighted by Gasteiger charge is 2.39. The van der Waals surface area contributed by atoms with E-state index in [1.807, 2.05) is 13.8 Å². The first-order valence-corrected chi connectivity index (χ1v) is 6.13. The number of carbonyl (C=O) groups is 1. The first-order chi connectivity index (χ1) is 7.93. The van der Waals surface area contributed by atoms with Gasteiger partial charge in [-0.05, 0) is 32.6 Å². The second kappa shape index (κ2) is 4.29. The molecule has 1 heterocycles. The van der Waals surface area contributed by atoms with Gasteiger partial charge in [0.05, 0.1) is 11.6 Å². The fourth-order valence-electron chi connectivity index (χ4n) is 2.09. The molecule has 96 valence electrons. The van der Waals surface area contributed by atoms with Gasteiger partial charge in [0, 0.05) is 20.1 Å². The molecule has 0 radical (unpaired) electrons. The van der Waals surface area contributed by atoms with E-state index in [0.717, 1.165) is 6.54 Å². The normalized spacial score (nSPS) is 25.4. The largest absolute Gasteiger partial charge is 0.385 e. The van der Waals surface area contributed by atoms with Crippen molar-refractivity contribution in [1.82, 2.24) is 4.90 Å². The number of ether oxygens (including phenoxy) is 1. The number of hydrogen-bond acceptors (Lipinski definition) is 3. The van der Waals surface area contributed by atoms with E-state index in [1.165, 1.54) is 12.8 Å². The first kappa shape index (κ1) is 12.4. The topological polar surface area (TPSA) is 67.9 Å². The number of urea groups is 1. The Balaban J connectivity index is 2.05. The minimum Gasteiger partial charge on any atom is -0.385 e. The highest BCUT2D eigenvalue weighted by Crippen LogP contribution is 2.33. The van der Waals surface area contributed by atoms with Crippen molar-refractivity contribution in [1.29, 1.82) is 0 Å². The lowest BCUT2D eigenvalue weighted by Crippen LogP contribution is -2.46. The molecular formula is C12H21N3O2. The molecule has 1 saturated carbocycles. The Hall–Kier alpha value is -1.10. The molecule has 0 spiro atoms. The van der Waals surface area contributed by atoms with E-state index in [4.69, 9.17) is 10.5 Å². The van der Waals surface area contributed by atoms with Gasteiger partial charge >= 0.3 is 6.03 Å². The smallest absolute Gasteiger partial charge is 0.345 e. The molecule has 17 heavy (non-hydrogen) atoms. The third-order valence-corrected chi connectivity index (χ3v) is 3.58. The molecule has 0 aromatic carbocycles. The number of nitrogens with zero attached hydrogens (tertiary/aromatic N) is 2. The van der Waals surface area contributed by atoms with Crippen LogP contribution in [0.4, 0.5) is 4.79 Å². The monoisotopic (exact) mass is 239 g/mol. The Labute approximate surface area is 102 Å². The van der Waals surface area contributed by atoms with E-state index >= 15 is 0 Å². The summed E-state index contributed by atoms with van der Waals surface area (Å²) in [6, 6.07) is -0.288. The van der Waals surface area contributed by atoms with Crippen molar-refractivity contribution in [2.24, 2.45) is 16.6 Å². The standard InChI is InChI=1S/C12H21N3O2/c1-12(2,17-3)6-9-10(13)14-11(16)15(9)7-8-4-5-8/h8-9H,4-7H2,1-3H3,(H2,13,14,16). The predicted molar refractivity (Wildman–Crippen MR) is 65.9 cm³/mol. The van der Waals surface area contributed by atoms with Crippen LogP contribution in [0.15, 0.2) is 4.99 Å². The van der Waals surface area contributed by atoms with Crippen LogP contribution in [-0.4, -0.2) is 42.1 Å². The highest BCUT2D eigenvalue weighted by molar-refractivity contribution is 6.02. The van der Waals surface area contributed by atoms with Crippen LogP contribution in [0.3, 0.4) is 0 Å². The molecule has 2 aliphatic rings. The third-order valence-electron chi connectivity index (χ3n) is 3.58. The Kier molecular flexibility index (Phi) is 3.12. The summed E-state index contributed by atoms with van der Waals surface area (Å²) < 4.78 is 5.40. The summed E-state index contributed by atoms with van der Waals surface area (Å²) in [5.74, 6) is 1.08. The van der Waals surface area contributed by atoms with Gasteiger partial charge < -0.3 is 15.4 Å². The van der Waals surface area contributed by atoms with Crippen LogP contribution in [0.5, 0.6) is 0 Å². The number of amidine groups is 1. The Morgan fingerprint density at radius 2 is 2.18 bits per heavy atom. The number of carbonyl (C=O) groups excluding carboxylic acids is 1. The maximum absolute atomic E-state index is 11.8. The number of nitrogens with two attached hydrogens (primary N) is 1. The second-order valence-corrected chi connectivity index (χ2v) is 5.60. The maximum Gasteiger partial charge on any atom is 0.345 e. The number of methoxy groups -OCH3 is 1. The lowest BCUT2D eigenvalue weighted by molar-refractivity contribution is 0.00509.